The van der Waals surface area contributed by atoms with Crippen LogP contribution in [0.2, 0.25) is 0 Å². The Bertz CT molecular complexity index is 1020. The Morgan fingerprint density at radius 3 is 0.881 bits per heavy atom. The van der Waals surface area contributed by atoms with Gasteiger partial charge >= 0.3 is 11.9 Å². The van der Waals surface area contributed by atoms with Crippen molar-refractivity contribution in [2.75, 3.05) is 13.2 Å². The van der Waals surface area contributed by atoms with E-state index in [0.29, 0.717) is 12.8 Å². The van der Waals surface area contributed by atoms with Crippen LogP contribution in [0, 0.1) is 0 Å². The van der Waals surface area contributed by atoms with Crippen molar-refractivity contribution in [2.24, 2.45) is 0 Å². The molecule has 0 rings (SSSR count). The molecule has 0 saturated carbocycles. The lowest BCUT2D eigenvalue weighted by Gasteiger charge is -2.15. The van der Waals surface area contributed by atoms with E-state index in [-0.39, 0.29) is 25.2 Å². The lowest BCUT2D eigenvalue weighted by Crippen LogP contribution is -2.28. The molecule has 0 aliphatic heterocycles. The Morgan fingerprint density at radius 1 is 0.343 bits per heavy atom. The van der Waals surface area contributed by atoms with Gasteiger partial charge in [0.25, 0.3) is 0 Å². The maximum atomic E-state index is 12.3. The van der Waals surface area contributed by atoms with E-state index in [1.54, 1.807) is 0 Å². The predicted octanol–water partition coefficient (Wildman–Crippen LogP) is 20.5. The highest BCUT2D eigenvalue weighted by atomic mass is 16.6. The number of aliphatic hydroxyl groups excluding tert-OH is 1. The van der Waals surface area contributed by atoms with Crippen molar-refractivity contribution in [1.29, 1.82) is 0 Å². The van der Waals surface area contributed by atoms with E-state index in [0.717, 1.165) is 38.5 Å². The fraction of sp³-hybridized carbons (Fsp3) is 0.903. The number of aliphatic hydroxyl groups is 1. The summed E-state index contributed by atoms with van der Waals surface area (Å²) < 4.78 is 10.7. The summed E-state index contributed by atoms with van der Waals surface area (Å²) >= 11 is 0. The summed E-state index contributed by atoms with van der Waals surface area (Å²) in [6.45, 7) is 4.19. The first-order chi connectivity index (χ1) is 33.1. The predicted molar refractivity (Wildman–Crippen MR) is 293 cm³/mol. The molecule has 0 aliphatic rings. The van der Waals surface area contributed by atoms with Crippen LogP contribution in [0.3, 0.4) is 0 Å². The van der Waals surface area contributed by atoms with Crippen LogP contribution in [0.15, 0.2) is 24.3 Å². The number of unbranched alkanes of at least 4 members (excludes halogenated alkanes) is 45. The first-order valence-electron chi connectivity index (χ1n) is 30.4. The molecule has 5 heteroatoms. The quantitative estimate of drug-likeness (QED) is 0.0374. The number of hydrogen-bond donors (Lipinski definition) is 1. The summed E-state index contributed by atoms with van der Waals surface area (Å²) in [5, 5.41) is 9.67. The Hall–Kier alpha value is -1.62. The topological polar surface area (TPSA) is 72.8 Å². The van der Waals surface area contributed by atoms with Crippen molar-refractivity contribution < 1.29 is 24.2 Å². The van der Waals surface area contributed by atoms with E-state index >= 15 is 0 Å². The third-order valence-electron chi connectivity index (χ3n) is 14.0. The highest BCUT2D eigenvalue weighted by molar-refractivity contribution is 5.70. The second-order valence-electron chi connectivity index (χ2n) is 20.8. The van der Waals surface area contributed by atoms with Gasteiger partial charge in [0.2, 0.25) is 0 Å². The van der Waals surface area contributed by atoms with Crippen LogP contribution >= 0.6 is 0 Å². The summed E-state index contributed by atoms with van der Waals surface area (Å²) in [7, 11) is 0. The number of allylic oxidation sites excluding steroid dienone is 4. The molecule has 0 aliphatic carbocycles. The van der Waals surface area contributed by atoms with Gasteiger partial charge in [0.15, 0.2) is 6.10 Å². The first-order valence-corrected chi connectivity index (χ1v) is 30.4. The van der Waals surface area contributed by atoms with Gasteiger partial charge in [-0.1, -0.05) is 308 Å². The van der Waals surface area contributed by atoms with Crippen LogP contribution in [-0.2, 0) is 19.1 Å². The molecular formula is C62H118O5. The lowest BCUT2D eigenvalue weighted by atomic mass is 10.0. The van der Waals surface area contributed by atoms with Crippen LogP contribution in [0.4, 0.5) is 0 Å². The zero-order valence-corrected chi connectivity index (χ0v) is 45.4. The molecule has 0 bridgehead atoms. The Morgan fingerprint density at radius 2 is 0.597 bits per heavy atom. The summed E-state index contributed by atoms with van der Waals surface area (Å²) in [5.41, 5.74) is 0. The number of carbonyl (C=O) groups excluding carboxylic acids is 2. The van der Waals surface area contributed by atoms with E-state index in [1.165, 1.54) is 276 Å². The highest BCUT2D eigenvalue weighted by Crippen LogP contribution is 2.18. The maximum Gasteiger partial charge on any atom is 0.306 e. The van der Waals surface area contributed by atoms with Crippen LogP contribution in [-0.4, -0.2) is 36.4 Å². The van der Waals surface area contributed by atoms with E-state index < -0.39 is 6.10 Å². The normalized spacial score (nSPS) is 12.2. The molecule has 0 aromatic rings. The highest BCUT2D eigenvalue weighted by Gasteiger charge is 2.16. The van der Waals surface area contributed by atoms with Gasteiger partial charge in [-0.05, 0) is 44.9 Å². The van der Waals surface area contributed by atoms with Crippen LogP contribution in [0.25, 0.3) is 0 Å². The molecule has 0 heterocycles. The summed E-state index contributed by atoms with van der Waals surface area (Å²) in [4.78, 5) is 24.6. The average Bonchev–Trinajstić information content (AvgIpc) is 3.33. The van der Waals surface area contributed by atoms with Gasteiger partial charge in [0.05, 0.1) is 6.61 Å². The van der Waals surface area contributed by atoms with Gasteiger partial charge in [-0.3, -0.25) is 9.59 Å². The standard InChI is InChI=1S/C62H118O5/c1-3-5-7-9-11-13-15-17-19-21-23-25-27-29-30-31-32-33-35-37-39-41-43-45-47-49-51-53-55-57-62(65)67-60(58-63)59-66-61(64)56-54-52-50-48-46-44-42-40-38-36-34-28-26-24-22-20-18-16-14-12-10-8-6-4-2/h15,17,21,23,60,63H,3-14,16,18-20,22,24-59H2,1-2H3/b17-15-,23-21-. The minimum atomic E-state index is -0.768. The third-order valence-corrected chi connectivity index (χ3v) is 14.0. The lowest BCUT2D eigenvalue weighted by molar-refractivity contribution is -0.161. The van der Waals surface area contributed by atoms with Crippen molar-refractivity contribution in [3.8, 4) is 0 Å². The van der Waals surface area contributed by atoms with Gasteiger partial charge in [0.1, 0.15) is 6.61 Å². The van der Waals surface area contributed by atoms with Crippen molar-refractivity contribution >= 4 is 11.9 Å². The number of carbonyl (C=O) groups is 2. The molecule has 1 unspecified atom stereocenters. The zero-order valence-electron chi connectivity index (χ0n) is 45.4. The van der Waals surface area contributed by atoms with E-state index in [4.69, 9.17) is 9.47 Å². The van der Waals surface area contributed by atoms with Crippen LogP contribution in [0.1, 0.15) is 341 Å². The minimum Gasteiger partial charge on any atom is -0.462 e. The van der Waals surface area contributed by atoms with Gasteiger partial charge in [-0.2, -0.15) is 0 Å². The molecule has 0 saturated heterocycles. The molecule has 0 fully saturated rings. The summed E-state index contributed by atoms with van der Waals surface area (Å²) in [5.74, 6) is -0.567. The van der Waals surface area contributed by atoms with Crippen molar-refractivity contribution in [1.82, 2.24) is 0 Å². The van der Waals surface area contributed by atoms with E-state index in [1.807, 2.05) is 0 Å². The molecule has 1 atom stereocenters. The molecular weight excluding hydrogens is 825 g/mol. The zero-order chi connectivity index (χ0) is 48.5. The van der Waals surface area contributed by atoms with Crippen LogP contribution in [0.5, 0.6) is 0 Å². The molecule has 0 amide bonds. The first kappa shape index (κ1) is 65.4. The Balaban J connectivity index is 3.41. The maximum absolute atomic E-state index is 12.3. The Kier molecular flexibility index (Phi) is 57.3. The minimum absolute atomic E-state index is 0.0585. The molecule has 0 spiro atoms. The molecule has 67 heavy (non-hydrogen) atoms. The second-order valence-corrected chi connectivity index (χ2v) is 20.8. The fourth-order valence-electron chi connectivity index (χ4n) is 9.41. The molecule has 396 valence electrons. The summed E-state index contributed by atoms with van der Waals surface area (Å²) in [6.07, 6.45) is 74.6. The number of hydrogen-bond acceptors (Lipinski definition) is 5. The van der Waals surface area contributed by atoms with E-state index in [9.17, 15) is 14.7 Å². The van der Waals surface area contributed by atoms with Crippen molar-refractivity contribution in [2.45, 2.75) is 347 Å². The largest absolute Gasteiger partial charge is 0.462 e. The monoisotopic (exact) mass is 943 g/mol. The second kappa shape index (κ2) is 58.7. The molecule has 5 nitrogen and oxygen atoms in total. The Labute approximate surface area is 419 Å². The van der Waals surface area contributed by atoms with Gasteiger partial charge in [0, 0.05) is 12.8 Å². The number of esters is 2. The number of ether oxygens (including phenoxy) is 2. The molecule has 1 N–H and O–H groups in total. The van der Waals surface area contributed by atoms with Crippen molar-refractivity contribution in [3.05, 3.63) is 24.3 Å². The molecule has 0 radical (unpaired) electrons. The van der Waals surface area contributed by atoms with Crippen molar-refractivity contribution in [3.63, 3.8) is 0 Å². The average molecular weight is 944 g/mol. The molecule has 0 aromatic carbocycles. The van der Waals surface area contributed by atoms with Gasteiger partial charge < -0.3 is 14.6 Å². The third kappa shape index (κ3) is 56.9. The fourth-order valence-corrected chi connectivity index (χ4v) is 9.41. The summed E-state index contributed by atoms with van der Waals surface area (Å²) in [6, 6.07) is 0. The smallest absolute Gasteiger partial charge is 0.306 e. The van der Waals surface area contributed by atoms with Gasteiger partial charge in [-0.25, -0.2) is 0 Å². The van der Waals surface area contributed by atoms with E-state index in [2.05, 4.69) is 38.2 Å². The SMILES string of the molecule is CCCCCCC/C=C\C/C=C\CCCCCCCCCCCCCCCCCCCC(=O)OC(CO)COC(=O)CCCCCCCCCCCCCCCCCCCCCCCCCC. The van der Waals surface area contributed by atoms with Crippen LogP contribution < -0.4 is 0 Å². The van der Waals surface area contributed by atoms with Gasteiger partial charge in [-0.15, -0.1) is 0 Å². The number of rotatable bonds is 57. The molecule has 0 aromatic heterocycles.